The lowest BCUT2D eigenvalue weighted by atomic mass is 9.96. The number of benzene rings is 1. The first-order chi connectivity index (χ1) is 15.0. The smallest absolute Gasteiger partial charge is 0.174 e. The number of anilines is 1. The summed E-state index contributed by atoms with van der Waals surface area (Å²) in [6.07, 6.45) is 1.83. The Labute approximate surface area is 188 Å². The number of thiocarbonyl (C=S) groups is 1. The molecule has 3 heterocycles. The molecular weight excluding hydrogens is 408 g/mol. The van der Waals surface area contributed by atoms with E-state index in [0.717, 1.165) is 23.7 Å². The standard InChI is InChI=1S/C24H28N4O2S/c1-16-14-20(17(2)27(16)12-13-29-3)23-22(21-10-5-6-11-25-21)26-24(31)28(23)18-8-7-9-19(15-18)30-4/h5-11,14-15,22-23H,12-13H2,1-4H3,(H,26,31)/t22-,23-/m1/s1. The lowest BCUT2D eigenvalue weighted by Gasteiger charge is -2.28. The highest BCUT2D eigenvalue weighted by molar-refractivity contribution is 7.80. The van der Waals surface area contributed by atoms with Crippen LogP contribution in [-0.2, 0) is 11.3 Å². The zero-order valence-electron chi connectivity index (χ0n) is 18.3. The van der Waals surface area contributed by atoms with Crippen LogP contribution in [0.4, 0.5) is 5.69 Å². The van der Waals surface area contributed by atoms with Gasteiger partial charge in [-0.05, 0) is 62.0 Å². The summed E-state index contributed by atoms with van der Waals surface area (Å²) in [6.45, 7) is 5.78. The quantitative estimate of drug-likeness (QED) is 0.557. The number of hydrogen-bond donors (Lipinski definition) is 1. The van der Waals surface area contributed by atoms with Crippen LogP contribution in [0.1, 0.15) is 34.7 Å². The van der Waals surface area contributed by atoms with Crippen molar-refractivity contribution in [3.8, 4) is 5.75 Å². The molecule has 0 bridgehead atoms. The van der Waals surface area contributed by atoms with E-state index in [1.54, 1.807) is 14.2 Å². The fourth-order valence-electron chi connectivity index (χ4n) is 4.36. The molecule has 4 rings (SSSR count). The first-order valence-corrected chi connectivity index (χ1v) is 10.8. The average molecular weight is 437 g/mol. The van der Waals surface area contributed by atoms with Crippen LogP contribution in [0, 0.1) is 13.8 Å². The topological polar surface area (TPSA) is 51.5 Å². The molecule has 7 heteroatoms. The van der Waals surface area contributed by atoms with Crippen molar-refractivity contribution in [2.75, 3.05) is 25.7 Å². The van der Waals surface area contributed by atoms with Crippen LogP contribution < -0.4 is 15.0 Å². The van der Waals surface area contributed by atoms with Gasteiger partial charge in [-0.2, -0.15) is 0 Å². The maximum atomic E-state index is 5.83. The maximum Gasteiger partial charge on any atom is 0.174 e. The maximum absolute atomic E-state index is 5.83. The van der Waals surface area contributed by atoms with Crippen LogP contribution in [0.3, 0.4) is 0 Å². The predicted octanol–water partition coefficient (Wildman–Crippen LogP) is 4.33. The molecule has 162 valence electrons. The molecule has 0 saturated carbocycles. The van der Waals surface area contributed by atoms with Gasteiger partial charge >= 0.3 is 0 Å². The van der Waals surface area contributed by atoms with Crippen molar-refractivity contribution in [1.82, 2.24) is 14.9 Å². The number of aromatic nitrogens is 2. The van der Waals surface area contributed by atoms with Crippen LogP contribution in [0.2, 0.25) is 0 Å². The number of hydrogen-bond acceptors (Lipinski definition) is 4. The van der Waals surface area contributed by atoms with Gasteiger partial charge < -0.3 is 24.3 Å². The van der Waals surface area contributed by atoms with E-state index in [4.69, 9.17) is 21.7 Å². The van der Waals surface area contributed by atoms with E-state index in [0.29, 0.717) is 11.7 Å². The molecule has 1 aliphatic rings. The van der Waals surface area contributed by atoms with E-state index < -0.39 is 0 Å². The average Bonchev–Trinajstić information content (AvgIpc) is 3.28. The molecule has 0 spiro atoms. The lowest BCUT2D eigenvalue weighted by molar-refractivity contribution is 0.186. The van der Waals surface area contributed by atoms with Gasteiger partial charge in [0.05, 0.1) is 31.5 Å². The summed E-state index contributed by atoms with van der Waals surface area (Å²) in [5.41, 5.74) is 5.58. The Balaban J connectivity index is 1.84. The minimum absolute atomic E-state index is 0.0444. The third-order valence-electron chi connectivity index (χ3n) is 5.88. The third kappa shape index (κ3) is 4.03. The Kier molecular flexibility index (Phi) is 6.25. The van der Waals surface area contributed by atoms with Gasteiger partial charge in [0.15, 0.2) is 5.11 Å². The molecule has 2 atom stereocenters. The molecule has 31 heavy (non-hydrogen) atoms. The van der Waals surface area contributed by atoms with Gasteiger partial charge in [-0.1, -0.05) is 12.1 Å². The molecule has 6 nitrogen and oxygen atoms in total. The van der Waals surface area contributed by atoms with E-state index in [1.165, 1.54) is 17.0 Å². The summed E-state index contributed by atoms with van der Waals surface area (Å²) in [5, 5.41) is 4.20. The number of pyridine rings is 1. The largest absolute Gasteiger partial charge is 0.497 e. The monoisotopic (exact) mass is 436 g/mol. The Morgan fingerprint density at radius 2 is 1.94 bits per heavy atom. The van der Waals surface area contributed by atoms with Crippen molar-refractivity contribution in [2.24, 2.45) is 0 Å². The van der Waals surface area contributed by atoms with Gasteiger partial charge in [0.25, 0.3) is 0 Å². The van der Waals surface area contributed by atoms with Gasteiger partial charge in [-0.15, -0.1) is 0 Å². The molecule has 0 amide bonds. The van der Waals surface area contributed by atoms with E-state index in [2.05, 4.69) is 45.7 Å². The van der Waals surface area contributed by atoms with Crippen molar-refractivity contribution < 1.29 is 9.47 Å². The van der Waals surface area contributed by atoms with E-state index in [9.17, 15) is 0 Å². The molecule has 0 radical (unpaired) electrons. The van der Waals surface area contributed by atoms with Gasteiger partial charge in [-0.25, -0.2) is 0 Å². The molecular formula is C24H28N4O2S. The molecule has 2 aromatic heterocycles. The zero-order chi connectivity index (χ0) is 22.0. The summed E-state index contributed by atoms with van der Waals surface area (Å²) >= 11 is 5.83. The number of nitrogens with zero attached hydrogens (tertiary/aromatic N) is 3. The van der Waals surface area contributed by atoms with Crippen LogP contribution in [0.5, 0.6) is 5.75 Å². The van der Waals surface area contributed by atoms with Crippen molar-refractivity contribution in [3.05, 3.63) is 77.4 Å². The fourth-order valence-corrected chi connectivity index (χ4v) is 4.71. The summed E-state index contributed by atoms with van der Waals surface area (Å²) in [5.74, 6) is 0.797. The minimum atomic E-state index is -0.0729. The second-order valence-electron chi connectivity index (χ2n) is 7.67. The van der Waals surface area contributed by atoms with Gasteiger partial charge in [-0.3, -0.25) is 4.98 Å². The van der Waals surface area contributed by atoms with Gasteiger partial charge in [0.2, 0.25) is 0 Å². The Morgan fingerprint density at radius 1 is 1.10 bits per heavy atom. The first kappa shape index (κ1) is 21.3. The van der Waals surface area contributed by atoms with Gasteiger partial charge in [0, 0.05) is 43.0 Å². The van der Waals surface area contributed by atoms with Crippen LogP contribution in [0.25, 0.3) is 0 Å². The summed E-state index contributed by atoms with van der Waals surface area (Å²) < 4.78 is 13.1. The number of nitrogens with one attached hydrogen (secondary N) is 1. The zero-order valence-corrected chi connectivity index (χ0v) is 19.1. The minimum Gasteiger partial charge on any atom is -0.497 e. The lowest BCUT2D eigenvalue weighted by Crippen LogP contribution is -2.29. The highest BCUT2D eigenvalue weighted by Gasteiger charge is 2.42. The molecule has 3 aromatic rings. The number of ether oxygens (including phenoxy) is 2. The molecule has 1 fully saturated rings. The number of methoxy groups -OCH3 is 2. The molecule has 0 aliphatic carbocycles. The summed E-state index contributed by atoms with van der Waals surface area (Å²) in [4.78, 5) is 6.82. The highest BCUT2D eigenvalue weighted by atomic mass is 32.1. The van der Waals surface area contributed by atoms with Crippen LogP contribution in [-0.4, -0.2) is 35.5 Å². The summed E-state index contributed by atoms with van der Waals surface area (Å²) in [7, 11) is 3.41. The van der Waals surface area contributed by atoms with Crippen molar-refractivity contribution in [1.29, 1.82) is 0 Å². The highest BCUT2D eigenvalue weighted by Crippen LogP contribution is 2.43. The van der Waals surface area contributed by atoms with Gasteiger partial charge in [0.1, 0.15) is 5.75 Å². The Morgan fingerprint density at radius 3 is 2.65 bits per heavy atom. The molecule has 0 unspecified atom stereocenters. The van der Waals surface area contributed by atoms with E-state index >= 15 is 0 Å². The van der Waals surface area contributed by atoms with Crippen molar-refractivity contribution in [2.45, 2.75) is 32.5 Å². The summed E-state index contributed by atoms with van der Waals surface area (Å²) in [6, 6.07) is 16.2. The normalized spacial score (nSPS) is 18.3. The molecule has 1 aromatic carbocycles. The Bertz CT molecular complexity index is 1070. The third-order valence-corrected chi connectivity index (χ3v) is 6.19. The first-order valence-electron chi connectivity index (χ1n) is 10.4. The molecule has 1 aliphatic heterocycles. The second kappa shape index (κ2) is 9.08. The van der Waals surface area contributed by atoms with Crippen LogP contribution in [0.15, 0.2) is 54.7 Å². The SMILES string of the molecule is COCCn1c(C)cc([C@@H]2[C@@H](c3ccccn3)NC(=S)N2c2cccc(OC)c2)c1C. The van der Waals surface area contributed by atoms with E-state index in [1.807, 2.05) is 42.6 Å². The molecule has 1 saturated heterocycles. The van der Waals surface area contributed by atoms with Crippen molar-refractivity contribution in [3.63, 3.8) is 0 Å². The predicted molar refractivity (Wildman–Crippen MR) is 127 cm³/mol. The number of rotatable bonds is 7. The second-order valence-corrected chi connectivity index (χ2v) is 8.06. The van der Waals surface area contributed by atoms with Crippen LogP contribution >= 0.6 is 12.2 Å². The fraction of sp³-hybridized carbons (Fsp3) is 0.333. The van der Waals surface area contributed by atoms with E-state index in [-0.39, 0.29) is 12.1 Å². The number of aryl methyl sites for hydroxylation is 1. The Hall–Kier alpha value is -2.90. The van der Waals surface area contributed by atoms with Crippen molar-refractivity contribution >= 4 is 23.0 Å². The molecule has 1 N–H and O–H groups in total.